The van der Waals surface area contributed by atoms with E-state index >= 15 is 0 Å². The molecule has 0 aliphatic heterocycles. The minimum atomic E-state index is 0.390. The maximum Gasteiger partial charge on any atom is 0.115 e. The molecule has 0 amide bonds. The van der Waals surface area contributed by atoms with Crippen molar-refractivity contribution in [2.24, 2.45) is 4.99 Å². The van der Waals surface area contributed by atoms with Crippen molar-refractivity contribution in [3.8, 4) is 0 Å². The molecule has 132 valence electrons. The lowest BCUT2D eigenvalue weighted by atomic mass is 9.92. The Bertz CT molecular complexity index is 814. The molecule has 0 spiro atoms. The molecule has 2 aromatic heterocycles. The Morgan fingerprint density at radius 2 is 1.19 bits per heavy atom. The highest BCUT2D eigenvalue weighted by molar-refractivity contribution is 6.11. The van der Waals surface area contributed by atoms with E-state index in [1.807, 2.05) is 36.4 Å². The third kappa shape index (κ3) is 3.88. The van der Waals surface area contributed by atoms with Crippen molar-refractivity contribution >= 4 is 11.4 Å². The van der Waals surface area contributed by atoms with Gasteiger partial charge in [-0.2, -0.15) is 0 Å². The van der Waals surface area contributed by atoms with E-state index in [2.05, 4.69) is 55.9 Å². The van der Waals surface area contributed by atoms with Crippen molar-refractivity contribution in [2.45, 2.75) is 39.5 Å². The van der Waals surface area contributed by atoms with Crippen LogP contribution in [0.3, 0.4) is 0 Å². The summed E-state index contributed by atoms with van der Waals surface area (Å²) in [5.41, 5.74) is 6.02. The summed E-state index contributed by atoms with van der Waals surface area (Å²) in [5.74, 6) is 0.780. The molecule has 0 aliphatic rings. The van der Waals surface area contributed by atoms with Gasteiger partial charge in [-0.05, 0) is 47.2 Å². The van der Waals surface area contributed by atoms with Crippen LogP contribution in [-0.2, 0) is 0 Å². The number of hydrogen-bond acceptors (Lipinski definition) is 3. The maximum absolute atomic E-state index is 5.13. The first-order valence-corrected chi connectivity index (χ1v) is 9.12. The molecule has 26 heavy (non-hydrogen) atoms. The highest BCUT2D eigenvalue weighted by Gasteiger charge is 2.16. The van der Waals surface area contributed by atoms with Gasteiger partial charge in [0.15, 0.2) is 0 Å². The molecule has 3 aromatic rings. The van der Waals surface area contributed by atoms with Crippen LogP contribution in [0.4, 0.5) is 5.69 Å². The fraction of sp³-hybridized carbons (Fsp3) is 0.261. The lowest BCUT2D eigenvalue weighted by Crippen LogP contribution is -2.08. The molecule has 0 bridgehead atoms. The molecule has 3 rings (SSSR count). The first-order valence-electron chi connectivity index (χ1n) is 9.12. The van der Waals surface area contributed by atoms with Crippen LogP contribution in [0.25, 0.3) is 0 Å². The second kappa shape index (κ2) is 8.05. The second-order valence-electron chi connectivity index (χ2n) is 6.98. The normalized spacial score (nSPS) is 11.0. The van der Waals surface area contributed by atoms with Gasteiger partial charge in [0.25, 0.3) is 0 Å². The van der Waals surface area contributed by atoms with Crippen LogP contribution in [0.2, 0.25) is 0 Å². The van der Waals surface area contributed by atoms with E-state index in [0.29, 0.717) is 11.8 Å². The molecule has 0 unspecified atom stereocenters. The summed E-state index contributed by atoms with van der Waals surface area (Å²) in [7, 11) is 0. The lowest BCUT2D eigenvalue weighted by Gasteiger charge is -2.17. The van der Waals surface area contributed by atoms with E-state index in [1.54, 1.807) is 12.4 Å². The van der Waals surface area contributed by atoms with Gasteiger partial charge >= 0.3 is 0 Å². The van der Waals surface area contributed by atoms with Crippen LogP contribution in [0.5, 0.6) is 0 Å². The first-order chi connectivity index (χ1) is 12.6. The fourth-order valence-corrected chi connectivity index (χ4v) is 3.00. The van der Waals surface area contributed by atoms with Crippen molar-refractivity contribution in [1.29, 1.82) is 0 Å². The largest absolute Gasteiger partial charge is 0.255 e. The summed E-state index contributed by atoms with van der Waals surface area (Å²) in [6, 6.07) is 18.2. The number of rotatable bonds is 5. The van der Waals surface area contributed by atoms with Gasteiger partial charge in [-0.15, -0.1) is 0 Å². The van der Waals surface area contributed by atoms with Crippen molar-refractivity contribution in [1.82, 2.24) is 9.97 Å². The van der Waals surface area contributed by atoms with Gasteiger partial charge in [0.2, 0.25) is 0 Å². The molecule has 1 aromatic carbocycles. The van der Waals surface area contributed by atoms with Gasteiger partial charge in [0.1, 0.15) is 5.71 Å². The molecule has 0 radical (unpaired) electrons. The molecule has 0 N–H and O–H groups in total. The highest BCUT2D eigenvalue weighted by atomic mass is 14.8. The minimum Gasteiger partial charge on any atom is -0.255 e. The summed E-state index contributed by atoms with van der Waals surface area (Å²) in [5, 5.41) is 0. The molecule has 0 atom stereocenters. The first kappa shape index (κ1) is 18.0. The molecule has 2 heterocycles. The van der Waals surface area contributed by atoms with Gasteiger partial charge in [-0.3, -0.25) is 9.97 Å². The zero-order chi connectivity index (χ0) is 18.5. The van der Waals surface area contributed by atoms with Gasteiger partial charge in [-0.25, -0.2) is 4.99 Å². The average Bonchev–Trinajstić information content (AvgIpc) is 2.67. The van der Waals surface area contributed by atoms with Crippen molar-refractivity contribution in [3.05, 3.63) is 89.5 Å². The molecule has 0 fully saturated rings. The number of benzene rings is 1. The minimum absolute atomic E-state index is 0.390. The van der Waals surface area contributed by atoms with Crippen LogP contribution in [-0.4, -0.2) is 15.7 Å². The SMILES string of the molecule is CC(C)c1cccc(C(C)C)c1N=C(c1ccccn1)c1ccccn1. The van der Waals surface area contributed by atoms with Gasteiger partial charge in [-0.1, -0.05) is 58.0 Å². The van der Waals surface area contributed by atoms with Crippen LogP contribution in [0.15, 0.2) is 72.0 Å². The fourth-order valence-electron chi connectivity index (χ4n) is 3.00. The smallest absolute Gasteiger partial charge is 0.115 e. The summed E-state index contributed by atoms with van der Waals surface area (Å²) >= 11 is 0. The zero-order valence-corrected chi connectivity index (χ0v) is 15.8. The van der Waals surface area contributed by atoms with Gasteiger partial charge < -0.3 is 0 Å². The molecule has 0 saturated heterocycles. The van der Waals surface area contributed by atoms with E-state index in [-0.39, 0.29) is 0 Å². The number of pyridine rings is 2. The average molecular weight is 343 g/mol. The predicted molar refractivity (Wildman–Crippen MR) is 108 cm³/mol. The summed E-state index contributed by atoms with van der Waals surface area (Å²) in [6.45, 7) is 8.83. The highest BCUT2D eigenvalue weighted by Crippen LogP contribution is 2.35. The van der Waals surface area contributed by atoms with Crippen molar-refractivity contribution in [2.75, 3.05) is 0 Å². The number of para-hydroxylation sites is 1. The van der Waals surface area contributed by atoms with Crippen LogP contribution in [0.1, 0.15) is 62.0 Å². The number of aliphatic imine (C=N–C) groups is 1. The van der Waals surface area contributed by atoms with Crippen LogP contribution >= 0.6 is 0 Å². The third-order valence-corrected chi connectivity index (χ3v) is 4.38. The summed E-state index contributed by atoms with van der Waals surface area (Å²) in [4.78, 5) is 14.2. The number of aromatic nitrogens is 2. The van der Waals surface area contributed by atoms with Gasteiger partial charge in [0, 0.05) is 12.4 Å². The Balaban J connectivity index is 2.27. The zero-order valence-electron chi connectivity index (χ0n) is 15.8. The summed E-state index contributed by atoms with van der Waals surface area (Å²) in [6.07, 6.45) is 3.59. The van der Waals surface area contributed by atoms with E-state index in [4.69, 9.17) is 4.99 Å². The molecular formula is C23H25N3. The van der Waals surface area contributed by atoms with Gasteiger partial charge in [0.05, 0.1) is 17.1 Å². The standard InChI is InChI=1S/C23H25N3/c1-16(2)18-10-9-11-19(17(3)4)22(18)26-23(20-12-5-7-14-24-20)21-13-6-8-15-25-21/h5-17H,1-4H3. The quantitative estimate of drug-likeness (QED) is 0.542. The predicted octanol–water partition coefficient (Wildman–Crippen LogP) is 5.89. The van der Waals surface area contributed by atoms with E-state index in [0.717, 1.165) is 22.8 Å². The third-order valence-electron chi connectivity index (χ3n) is 4.38. The maximum atomic E-state index is 5.13. The van der Waals surface area contributed by atoms with Crippen molar-refractivity contribution in [3.63, 3.8) is 0 Å². The molecule has 0 saturated carbocycles. The Hall–Kier alpha value is -2.81. The number of hydrogen-bond donors (Lipinski definition) is 0. The van der Waals surface area contributed by atoms with E-state index in [1.165, 1.54) is 11.1 Å². The molecule has 3 heteroatoms. The van der Waals surface area contributed by atoms with E-state index < -0.39 is 0 Å². The lowest BCUT2D eigenvalue weighted by molar-refractivity contribution is 0.834. The molecule has 3 nitrogen and oxygen atoms in total. The number of nitrogens with zero attached hydrogens (tertiary/aromatic N) is 3. The molecular weight excluding hydrogens is 318 g/mol. The van der Waals surface area contributed by atoms with Crippen molar-refractivity contribution < 1.29 is 0 Å². The van der Waals surface area contributed by atoms with Crippen LogP contribution < -0.4 is 0 Å². The summed E-state index contributed by atoms with van der Waals surface area (Å²) < 4.78 is 0. The Kier molecular flexibility index (Phi) is 5.57. The monoisotopic (exact) mass is 343 g/mol. The topological polar surface area (TPSA) is 38.1 Å². The molecule has 0 aliphatic carbocycles. The Morgan fingerprint density at radius 3 is 1.58 bits per heavy atom. The Labute approximate surface area is 155 Å². The Morgan fingerprint density at radius 1 is 0.692 bits per heavy atom. The van der Waals surface area contributed by atoms with Crippen LogP contribution in [0, 0.1) is 0 Å². The van der Waals surface area contributed by atoms with E-state index in [9.17, 15) is 0 Å². The second-order valence-corrected chi connectivity index (χ2v) is 6.98.